The van der Waals surface area contributed by atoms with Crippen molar-refractivity contribution in [3.63, 3.8) is 0 Å². The molecule has 2 nitrogen and oxygen atoms in total. The first-order chi connectivity index (χ1) is 10.4. The Kier molecular flexibility index (Phi) is 3.85. The summed E-state index contributed by atoms with van der Waals surface area (Å²) in [6, 6.07) is 5.37. The Balaban J connectivity index is 1.51. The number of carbonyl (C=O) groups excluding carboxylic acids is 1. The minimum atomic E-state index is -4.28. The molecule has 5 heteroatoms. The molecule has 0 spiro atoms. The van der Waals surface area contributed by atoms with Crippen molar-refractivity contribution in [1.82, 2.24) is 4.90 Å². The predicted molar refractivity (Wildman–Crippen MR) is 77.0 cm³/mol. The fraction of sp³-hybridized carbons (Fsp3) is 0.471. The topological polar surface area (TPSA) is 20.3 Å². The first kappa shape index (κ1) is 15.3. The summed E-state index contributed by atoms with van der Waals surface area (Å²) in [6.45, 7) is 6.03. The molecule has 1 saturated heterocycles. The fourth-order valence-corrected chi connectivity index (χ4v) is 3.54. The molecule has 3 rings (SSSR count). The van der Waals surface area contributed by atoms with Crippen molar-refractivity contribution in [3.8, 4) is 0 Å². The van der Waals surface area contributed by atoms with Gasteiger partial charge in [-0.25, -0.2) is 0 Å². The lowest BCUT2D eigenvalue weighted by Gasteiger charge is -2.19. The van der Waals surface area contributed by atoms with Gasteiger partial charge < -0.3 is 0 Å². The molecule has 0 unspecified atom stereocenters. The maximum Gasteiger partial charge on any atom is 0.416 e. The number of hydrogen-bond donors (Lipinski definition) is 0. The Morgan fingerprint density at radius 2 is 1.82 bits per heavy atom. The van der Waals surface area contributed by atoms with Crippen LogP contribution in [0.5, 0.6) is 0 Å². The van der Waals surface area contributed by atoms with E-state index in [-0.39, 0.29) is 5.78 Å². The Labute approximate surface area is 127 Å². The summed E-state index contributed by atoms with van der Waals surface area (Å²) in [5.74, 6) is 1.72. The number of halogens is 3. The largest absolute Gasteiger partial charge is 0.416 e. The van der Waals surface area contributed by atoms with Gasteiger partial charge in [-0.15, -0.1) is 0 Å². The number of fused-ring (bicyclic) bond motifs is 1. The van der Waals surface area contributed by atoms with Crippen LogP contribution in [0.2, 0.25) is 0 Å². The molecule has 0 amide bonds. The molecule has 1 heterocycles. The van der Waals surface area contributed by atoms with Crippen LogP contribution in [0, 0.1) is 17.8 Å². The number of benzene rings is 1. The molecule has 1 aromatic rings. The van der Waals surface area contributed by atoms with Crippen LogP contribution in [0.3, 0.4) is 0 Å². The van der Waals surface area contributed by atoms with Crippen molar-refractivity contribution in [2.45, 2.75) is 19.1 Å². The molecule has 0 N–H and O–H groups in total. The Morgan fingerprint density at radius 1 is 1.23 bits per heavy atom. The lowest BCUT2D eigenvalue weighted by atomic mass is 10.1. The number of allylic oxidation sites excluding steroid dienone is 1. The molecule has 118 valence electrons. The van der Waals surface area contributed by atoms with E-state index in [0.717, 1.165) is 30.8 Å². The van der Waals surface area contributed by atoms with Gasteiger partial charge in [0.15, 0.2) is 5.78 Å². The number of alkyl halides is 3. The van der Waals surface area contributed by atoms with Crippen LogP contribution in [0.25, 0.3) is 0 Å². The summed E-state index contributed by atoms with van der Waals surface area (Å²) < 4.78 is 37.5. The van der Waals surface area contributed by atoms with Gasteiger partial charge in [-0.05, 0) is 41.5 Å². The average Bonchev–Trinajstić information content (AvgIpc) is 2.92. The van der Waals surface area contributed by atoms with Gasteiger partial charge in [0.2, 0.25) is 0 Å². The zero-order valence-corrected chi connectivity index (χ0v) is 12.1. The molecule has 0 radical (unpaired) electrons. The molecule has 2 aliphatic rings. The van der Waals surface area contributed by atoms with E-state index in [1.165, 1.54) is 6.08 Å². The molecule has 1 aliphatic heterocycles. The summed E-state index contributed by atoms with van der Waals surface area (Å²) in [5.41, 5.74) is 0.288. The van der Waals surface area contributed by atoms with E-state index in [1.807, 2.05) is 0 Å². The molecular formula is C17H18F3NO. The van der Waals surface area contributed by atoms with E-state index in [0.29, 0.717) is 30.7 Å². The number of ketones is 1. The minimum absolute atomic E-state index is 0.105. The lowest BCUT2D eigenvalue weighted by molar-refractivity contribution is -0.137. The molecule has 0 bridgehead atoms. The van der Waals surface area contributed by atoms with E-state index in [9.17, 15) is 18.0 Å². The molecule has 2 atom stereocenters. The van der Waals surface area contributed by atoms with Crippen LogP contribution in [-0.4, -0.2) is 23.8 Å². The van der Waals surface area contributed by atoms with E-state index in [2.05, 4.69) is 11.5 Å². The van der Waals surface area contributed by atoms with Crippen molar-refractivity contribution < 1.29 is 18.0 Å². The van der Waals surface area contributed by atoms with Crippen LogP contribution >= 0.6 is 0 Å². The van der Waals surface area contributed by atoms with Gasteiger partial charge in [0, 0.05) is 26.1 Å². The van der Waals surface area contributed by atoms with Gasteiger partial charge in [-0.1, -0.05) is 18.7 Å². The number of rotatable bonds is 5. The van der Waals surface area contributed by atoms with Gasteiger partial charge in [-0.2, -0.15) is 13.2 Å². The van der Waals surface area contributed by atoms with E-state index in [1.54, 1.807) is 12.1 Å². The van der Waals surface area contributed by atoms with Gasteiger partial charge in [0.05, 0.1) is 5.56 Å². The molecular weight excluding hydrogens is 291 g/mol. The number of likely N-dealkylation sites (tertiary alicyclic amines) is 1. The highest BCUT2D eigenvalue weighted by molar-refractivity contribution is 5.89. The SMILES string of the molecule is C=CC(=O)CC1[C@@H]2CN(Cc3ccc(C(F)(F)F)cc3)C[C@@H]12. The monoisotopic (exact) mass is 309 g/mol. The van der Waals surface area contributed by atoms with Gasteiger partial charge >= 0.3 is 6.18 Å². The predicted octanol–water partition coefficient (Wildman–Crippen LogP) is 3.53. The van der Waals surface area contributed by atoms with Gasteiger partial charge in [0.25, 0.3) is 0 Å². The molecule has 0 aromatic heterocycles. The maximum absolute atomic E-state index is 12.5. The smallest absolute Gasteiger partial charge is 0.298 e. The van der Waals surface area contributed by atoms with Crippen LogP contribution in [-0.2, 0) is 17.5 Å². The normalized spacial score (nSPS) is 27.5. The Bertz CT molecular complexity index is 567. The highest BCUT2D eigenvalue weighted by Crippen LogP contribution is 2.53. The van der Waals surface area contributed by atoms with E-state index >= 15 is 0 Å². The molecule has 2 fully saturated rings. The number of hydrogen-bond acceptors (Lipinski definition) is 2. The summed E-state index contributed by atoms with van der Waals surface area (Å²) in [6.07, 6.45) is -2.31. The van der Waals surface area contributed by atoms with Crippen molar-refractivity contribution in [2.75, 3.05) is 13.1 Å². The molecule has 1 aromatic carbocycles. The second-order valence-electron chi connectivity index (χ2n) is 6.25. The van der Waals surface area contributed by atoms with Crippen LogP contribution in [0.15, 0.2) is 36.9 Å². The fourth-order valence-electron chi connectivity index (χ4n) is 3.54. The van der Waals surface area contributed by atoms with Gasteiger partial charge in [-0.3, -0.25) is 9.69 Å². The van der Waals surface area contributed by atoms with Crippen LogP contribution in [0.4, 0.5) is 13.2 Å². The third-order valence-electron chi connectivity index (χ3n) is 4.80. The number of carbonyl (C=O) groups is 1. The Hall–Kier alpha value is -1.62. The molecule has 22 heavy (non-hydrogen) atoms. The number of nitrogens with zero attached hydrogens (tertiary/aromatic N) is 1. The highest BCUT2D eigenvalue weighted by atomic mass is 19.4. The van der Waals surface area contributed by atoms with E-state index < -0.39 is 11.7 Å². The quantitative estimate of drug-likeness (QED) is 0.776. The van der Waals surface area contributed by atoms with Crippen molar-refractivity contribution in [3.05, 3.63) is 48.0 Å². The summed E-state index contributed by atoms with van der Waals surface area (Å²) in [5, 5.41) is 0. The van der Waals surface area contributed by atoms with Gasteiger partial charge in [0.1, 0.15) is 0 Å². The first-order valence-corrected chi connectivity index (χ1v) is 7.42. The third-order valence-corrected chi connectivity index (χ3v) is 4.80. The van der Waals surface area contributed by atoms with Crippen LogP contribution in [0.1, 0.15) is 17.5 Å². The maximum atomic E-state index is 12.5. The minimum Gasteiger partial charge on any atom is -0.298 e. The summed E-state index contributed by atoms with van der Waals surface area (Å²) in [4.78, 5) is 13.6. The average molecular weight is 309 g/mol. The van der Waals surface area contributed by atoms with E-state index in [4.69, 9.17) is 0 Å². The summed E-state index contributed by atoms with van der Waals surface area (Å²) >= 11 is 0. The third kappa shape index (κ3) is 3.09. The van der Waals surface area contributed by atoms with Crippen molar-refractivity contribution >= 4 is 5.78 Å². The zero-order valence-electron chi connectivity index (χ0n) is 12.1. The lowest BCUT2D eigenvalue weighted by Crippen LogP contribution is -2.24. The second kappa shape index (κ2) is 5.54. The zero-order chi connectivity index (χ0) is 15.9. The number of piperidine rings is 1. The standard InChI is InChI=1S/C17H18F3NO/c1-2-13(22)7-14-15-9-21(10-16(14)15)8-11-3-5-12(6-4-11)17(18,19)20/h2-6,14-16H,1,7-10H2/t15-,16-/m0/s1. The second-order valence-corrected chi connectivity index (χ2v) is 6.25. The molecule has 1 aliphatic carbocycles. The van der Waals surface area contributed by atoms with Crippen molar-refractivity contribution in [2.24, 2.45) is 17.8 Å². The van der Waals surface area contributed by atoms with Crippen LogP contribution < -0.4 is 0 Å². The highest BCUT2D eigenvalue weighted by Gasteiger charge is 2.55. The Morgan fingerprint density at radius 3 is 2.32 bits per heavy atom. The molecule has 1 saturated carbocycles. The van der Waals surface area contributed by atoms with Crippen molar-refractivity contribution in [1.29, 1.82) is 0 Å². The first-order valence-electron chi connectivity index (χ1n) is 7.42. The summed E-state index contributed by atoms with van der Waals surface area (Å²) in [7, 11) is 0.